The predicted molar refractivity (Wildman–Crippen MR) is 241 cm³/mol. The summed E-state index contributed by atoms with van der Waals surface area (Å²) in [6.07, 6.45) is 0. The molecule has 0 saturated heterocycles. The van der Waals surface area contributed by atoms with E-state index in [1.165, 1.54) is 22.3 Å². The number of hydrogen-bond donors (Lipinski definition) is 0. The van der Waals surface area contributed by atoms with Crippen molar-refractivity contribution in [3.8, 4) is 89.7 Å². The normalized spacial score (nSPS) is 11.1. The molecule has 272 valence electrons. The Morgan fingerprint density at radius 1 is 0.224 bits per heavy atom. The number of hydrogen-bond acceptors (Lipinski definition) is 3. The van der Waals surface area contributed by atoms with E-state index in [0.717, 1.165) is 72.5 Å². The molecule has 0 aliphatic carbocycles. The van der Waals surface area contributed by atoms with Crippen LogP contribution in [0.5, 0.6) is 0 Å². The highest BCUT2D eigenvalue weighted by Crippen LogP contribution is 2.37. The van der Waals surface area contributed by atoms with Crippen LogP contribution in [-0.4, -0.2) is 15.0 Å². The number of nitrogens with zero attached hydrogens (tertiary/aromatic N) is 3. The fourth-order valence-corrected chi connectivity index (χ4v) is 7.63. The number of fused-ring (bicyclic) bond motifs is 1. The Morgan fingerprint density at radius 3 is 1.07 bits per heavy atom. The van der Waals surface area contributed by atoms with Gasteiger partial charge in [0.1, 0.15) is 0 Å². The average Bonchev–Trinajstić information content (AvgIpc) is 3.32. The van der Waals surface area contributed by atoms with E-state index in [0.29, 0.717) is 5.82 Å². The summed E-state index contributed by atoms with van der Waals surface area (Å²) in [7, 11) is 0. The molecule has 0 bridgehead atoms. The van der Waals surface area contributed by atoms with Crippen molar-refractivity contribution in [1.82, 2.24) is 15.0 Å². The summed E-state index contributed by atoms with van der Waals surface area (Å²) >= 11 is 0. The molecule has 0 aliphatic rings. The summed E-state index contributed by atoms with van der Waals surface area (Å²) in [4.78, 5) is 15.3. The lowest BCUT2D eigenvalue weighted by Crippen LogP contribution is -1.96. The van der Waals surface area contributed by atoms with Crippen LogP contribution in [0.3, 0.4) is 0 Å². The molecular weight excluding hydrogens is 703 g/mol. The lowest BCUT2D eigenvalue weighted by molar-refractivity contribution is 1.18. The molecule has 0 atom stereocenters. The first kappa shape index (κ1) is 34.7. The van der Waals surface area contributed by atoms with Gasteiger partial charge < -0.3 is 0 Å². The van der Waals surface area contributed by atoms with Gasteiger partial charge in [-0.2, -0.15) is 0 Å². The van der Waals surface area contributed by atoms with Gasteiger partial charge in [-0.3, -0.25) is 0 Å². The molecule has 0 aliphatic heterocycles. The molecule has 0 unspecified atom stereocenters. The first-order chi connectivity index (χ1) is 28.7. The molecule has 3 nitrogen and oxygen atoms in total. The second-order valence-electron chi connectivity index (χ2n) is 14.4. The van der Waals surface area contributed by atoms with Gasteiger partial charge in [0.25, 0.3) is 0 Å². The summed E-state index contributed by atoms with van der Waals surface area (Å²) in [5.74, 6) is 0.702. The SMILES string of the molecule is c1ccc(-c2ccc(-c3ccc4nc(-c5ccc(-c6ccccc6)cc5)cc(-c5ccc(-c6cc(-c7ccccc7)nc(-c7ccccc7)n6)cc5)c4c3)cc2)cc1. The van der Waals surface area contributed by atoms with E-state index >= 15 is 0 Å². The van der Waals surface area contributed by atoms with Crippen LogP contribution in [0.2, 0.25) is 0 Å². The Morgan fingerprint density at radius 2 is 0.569 bits per heavy atom. The van der Waals surface area contributed by atoms with Crippen LogP contribution in [0.25, 0.3) is 101 Å². The summed E-state index contributed by atoms with van der Waals surface area (Å²) in [6, 6.07) is 78.8. The van der Waals surface area contributed by atoms with Crippen LogP contribution in [0, 0.1) is 0 Å². The summed E-state index contributed by atoms with van der Waals surface area (Å²) < 4.78 is 0. The van der Waals surface area contributed by atoms with Crippen molar-refractivity contribution in [3.05, 3.63) is 224 Å². The van der Waals surface area contributed by atoms with Crippen molar-refractivity contribution < 1.29 is 0 Å². The summed E-state index contributed by atoms with van der Waals surface area (Å²) in [6.45, 7) is 0. The maximum Gasteiger partial charge on any atom is 0.160 e. The smallest absolute Gasteiger partial charge is 0.160 e. The molecule has 2 heterocycles. The van der Waals surface area contributed by atoms with Gasteiger partial charge in [0.2, 0.25) is 0 Å². The molecule has 10 rings (SSSR count). The Labute approximate surface area is 338 Å². The molecule has 0 N–H and O–H groups in total. The van der Waals surface area contributed by atoms with E-state index < -0.39 is 0 Å². The van der Waals surface area contributed by atoms with Crippen molar-refractivity contribution in [3.63, 3.8) is 0 Å². The monoisotopic (exact) mass is 739 g/mol. The fraction of sp³-hybridized carbons (Fsp3) is 0. The molecule has 0 fully saturated rings. The van der Waals surface area contributed by atoms with Crippen LogP contribution in [-0.2, 0) is 0 Å². The standard InChI is InChI=1S/C55H37N3/c1-5-13-38(14-6-1)40-21-23-42(24-22-40)48-33-34-51-50(35-48)49(36-52(56-51)45-29-25-41(26-30-45)39-15-7-2-8-16-39)43-27-31-46(32-28-43)54-37-53(44-17-9-3-10-18-44)57-55(58-54)47-19-11-4-12-20-47/h1-37H. The molecule has 0 saturated carbocycles. The van der Waals surface area contributed by atoms with Gasteiger partial charge in [0.05, 0.1) is 22.6 Å². The largest absolute Gasteiger partial charge is 0.248 e. The zero-order chi connectivity index (χ0) is 38.7. The van der Waals surface area contributed by atoms with Crippen molar-refractivity contribution in [2.45, 2.75) is 0 Å². The molecule has 2 aromatic heterocycles. The lowest BCUT2D eigenvalue weighted by atomic mass is 9.93. The Bertz CT molecular complexity index is 2920. The molecule has 58 heavy (non-hydrogen) atoms. The van der Waals surface area contributed by atoms with Gasteiger partial charge in [0.15, 0.2) is 5.82 Å². The van der Waals surface area contributed by atoms with E-state index in [1.807, 2.05) is 42.5 Å². The highest BCUT2D eigenvalue weighted by atomic mass is 14.9. The second-order valence-corrected chi connectivity index (χ2v) is 14.4. The molecule has 0 spiro atoms. The van der Waals surface area contributed by atoms with E-state index in [9.17, 15) is 0 Å². The topological polar surface area (TPSA) is 38.7 Å². The Hall–Kier alpha value is -7.75. The van der Waals surface area contributed by atoms with E-state index in [2.05, 4.69) is 182 Å². The van der Waals surface area contributed by atoms with Crippen LogP contribution in [0.4, 0.5) is 0 Å². The predicted octanol–water partition coefficient (Wildman–Crippen LogP) is 14.4. The molecule has 10 aromatic rings. The minimum atomic E-state index is 0.702. The maximum absolute atomic E-state index is 5.25. The zero-order valence-electron chi connectivity index (χ0n) is 31.7. The number of aromatic nitrogens is 3. The van der Waals surface area contributed by atoms with Gasteiger partial charge >= 0.3 is 0 Å². The quantitative estimate of drug-likeness (QED) is 0.156. The van der Waals surface area contributed by atoms with Crippen LogP contribution in [0.1, 0.15) is 0 Å². The third-order valence-corrected chi connectivity index (χ3v) is 10.7. The van der Waals surface area contributed by atoms with Gasteiger partial charge in [-0.15, -0.1) is 0 Å². The highest BCUT2D eigenvalue weighted by Gasteiger charge is 2.15. The van der Waals surface area contributed by atoms with Gasteiger partial charge in [-0.1, -0.05) is 200 Å². The Kier molecular flexibility index (Phi) is 9.23. The molecule has 8 aromatic carbocycles. The maximum atomic E-state index is 5.25. The van der Waals surface area contributed by atoms with E-state index in [4.69, 9.17) is 15.0 Å². The van der Waals surface area contributed by atoms with Gasteiger partial charge in [-0.25, -0.2) is 15.0 Å². The molecular formula is C55H37N3. The van der Waals surface area contributed by atoms with Crippen molar-refractivity contribution in [1.29, 1.82) is 0 Å². The first-order valence-corrected chi connectivity index (χ1v) is 19.6. The van der Waals surface area contributed by atoms with Gasteiger partial charge in [-0.05, 0) is 68.8 Å². The number of benzene rings is 8. The molecule has 0 amide bonds. The second kappa shape index (κ2) is 15.4. The fourth-order valence-electron chi connectivity index (χ4n) is 7.63. The van der Waals surface area contributed by atoms with E-state index in [-0.39, 0.29) is 0 Å². The molecule has 0 radical (unpaired) electrons. The summed E-state index contributed by atoms with van der Waals surface area (Å²) in [5.41, 5.74) is 17.1. The van der Waals surface area contributed by atoms with Crippen molar-refractivity contribution in [2.24, 2.45) is 0 Å². The third-order valence-electron chi connectivity index (χ3n) is 10.7. The van der Waals surface area contributed by atoms with Gasteiger partial charge in [0, 0.05) is 27.6 Å². The highest BCUT2D eigenvalue weighted by molar-refractivity contribution is 5.99. The number of rotatable bonds is 8. The average molecular weight is 740 g/mol. The van der Waals surface area contributed by atoms with Crippen LogP contribution >= 0.6 is 0 Å². The Balaban J connectivity index is 1.07. The minimum Gasteiger partial charge on any atom is -0.248 e. The minimum absolute atomic E-state index is 0.702. The summed E-state index contributed by atoms with van der Waals surface area (Å²) in [5, 5.41) is 1.10. The van der Waals surface area contributed by atoms with Crippen LogP contribution in [0.15, 0.2) is 224 Å². The lowest BCUT2D eigenvalue weighted by Gasteiger charge is -2.14. The van der Waals surface area contributed by atoms with Crippen LogP contribution < -0.4 is 0 Å². The van der Waals surface area contributed by atoms with E-state index in [1.54, 1.807) is 0 Å². The first-order valence-electron chi connectivity index (χ1n) is 19.6. The third kappa shape index (κ3) is 7.09. The zero-order valence-corrected chi connectivity index (χ0v) is 31.7. The van der Waals surface area contributed by atoms with Crippen molar-refractivity contribution in [2.75, 3.05) is 0 Å². The number of pyridine rings is 1. The van der Waals surface area contributed by atoms with Crippen molar-refractivity contribution >= 4 is 10.9 Å². The molecule has 3 heteroatoms.